The maximum absolute atomic E-state index is 13.7. The first kappa shape index (κ1) is 19.7. The highest BCUT2D eigenvalue weighted by Crippen LogP contribution is 2.16. The highest BCUT2D eigenvalue weighted by atomic mass is 19.1. The first-order valence-corrected chi connectivity index (χ1v) is 9.75. The summed E-state index contributed by atoms with van der Waals surface area (Å²) in [6.45, 7) is 0.0822. The normalized spacial score (nSPS) is 11.3. The highest BCUT2D eigenvalue weighted by molar-refractivity contribution is 5.72. The Labute approximate surface area is 179 Å². The standard InChI is InChI=1S/C23H16F2N4O3/c24-16-6-8-18(9-7-16)29-21-20(22(30)28(23(29)31)13-19-5-2-10-32-19)27(14-26-21)12-15-3-1-4-17(25)11-15/h1-11,14H,12-13H2. The number of halogens is 2. The van der Waals surface area contributed by atoms with Crippen molar-refractivity contribution < 1.29 is 13.2 Å². The summed E-state index contributed by atoms with van der Waals surface area (Å²) in [4.78, 5) is 31.0. The lowest BCUT2D eigenvalue weighted by Crippen LogP contribution is -2.40. The lowest BCUT2D eigenvalue weighted by molar-refractivity contribution is 0.482. The summed E-state index contributed by atoms with van der Waals surface area (Å²) < 4.78 is 36.3. The third kappa shape index (κ3) is 3.43. The molecule has 5 aromatic rings. The lowest BCUT2D eigenvalue weighted by Gasteiger charge is -2.12. The summed E-state index contributed by atoms with van der Waals surface area (Å²) in [6, 6.07) is 14.6. The maximum Gasteiger partial charge on any atom is 0.337 e. The summed E-state index contributed by atoms with van der Waals surface area (Å²) >= 11 is 0. The molecule has 0 unspecified atom stereocenters. The van der Waals surface area contributed by atoms with Crippen molar-refractivity contribution in [3.05, 3.63) is 117 Å². The van der Waals surface area contributed by atoms with Crippen molar-refractivity contribution in [2.75, 3.05) is 0 Å². The molecule has 32 heavy (non-hydrogen) atoms. The van der Waals surface area contributed by atoms with Crippen LogP contribution in [0.1, 0.15) is 11.3 Å². The van der Waals surface area contributed by atoms with Gasteiger partial charge in [-0.1, -0.05) is 12.1 Å². The minimum absolute atomic E-state index is 0.0903. The molecule has 0 radical (unpaired) electrons. The van der Waals surface area contributed by atoms with Gasteiger partial charge in [-0.3, -0.25) is 9.36 Å². The zero-order valence-electron chi connectivity index (χ0n) is 16.6. The van der Waals surface area contributed by atoms with E-state index >= 15 is 0 Å². The average Bonchev–Trinajstić information content (AvgIpc) is 3.43. The van der Waals surface area contributed by atoms with E-state index in [4.69, 9.17) is 4.42 Å². The molecule has 0 aliphatic heterocycles. The number of rotatable bonds is 5. The molecular formula is C23H16F2N4O3. The van der Waals surface area contributed by atoms with Crippen LogP contribution in [0.15, 0.2) is 87.3 Å². The number of benzene rings is 2. The second kappa shape index (κ2) is 7.77. The zero-order valence-corrected chi connectivity index (χ0v) is 16.6. The van der Waals surface area contributed by atoms with Gasteiger partial charge in [0.25, 0.3) is 5.56 Å². The molecule has 0 aliphatic carbocycles. The van der Waals surface area contributed by atoms with Crippen LogP contribution in [0.4, 0.5) is 8.78 Å². The minimum Gasteiger partial charge on any atom is -0.467 e. The number of furan rings is 1. The van der Waals surface area contributed by atoms with E-state index in [1.807, 2.05) is 0 Å². The molecule has 2 aromatic carbocycles. The Morgan fingerprint density at radius 1 is 0.906 bits per heavy atom. The zero-order chi connectivity index (χ0) is 22.2. The Bertz CT molecular complexity index is 1530. The third-order valence-electron chi connectivity index (χ3n) is 5.12. The van der Waals surface area contributed by atoms with E-state index in [2.05, 4.69) is 4.98 Å². The molecule has 7 nitrogen and oxygen atoms in total. The van der Waals surface area contributed by atoms with E-state index in [0.717, 1.165) is 4.57 Å². The van der Waals surface area contributed by atoms with Crippen molar-refractivity contribution in [1.29, 1.82) is 0 Å². The molecule has 0 amide bonds. The number of imidazole rings is 1. The van der Waals surface area contributed by atoms with Gasteiger partial charge in [-0.2, -0.15) is 0 Å². The maximum atomic E-state index is 13.7. The van der Waals surface area contributed by atoms with Gasteiger partial charge in [-0.25, -0.2) is 23.1 Å². The van der Waals surface area contributed by atoms with E-state index in [-0.39, 0.29) is 24.3 Å². The van der Waals surface area contributed by atoms with E-state index < -0.39 is 22.9 Å². The summed E-state index contributed by atoms with van der Waals surface area (Å²) in [5.74, 6) is -0.436. The monoisotopic (exact) mass is 434 g/mol. The molecule has 0 bridgehead atoms. The first-order valence-electron chi connectivity index (χ1n) is 9.75. The van der Waals surface area contributed by atoms with Crippen molar-refractivity contribution in [2.24, 2.45) is 0 Å². The number of nitrogens with zero attached hydrogens (tertiary/aromatic N) is 4. The fourth-order valence-corrected chi connectivity index (χ4v) is 3.65. The van der Waals surface area contributed by atoms with Crippen LogP contribution < -0.4 is 11.2 Å². The molecule has 0 saturated heterocycles. The van der Waals surface area contributed by atoms with Gasteiger partial charge < -0.3 is 8.98 Å². The lowest BCUT2D eigenvalue weighted by atomic mass is 10.2. The summed E-state index contributed by atoms with van der Waals surface area (Å²) in [7, 11) is 0. The Morgan fingerprint density at radius 3 is 2.44 bits per heavy atom. The summed E-state index contributed by atoms with van der Waals surface area (Å²) in [6.07, 6.45) is 2.87. The van der Waals surface area contributed by atoms with Crippen LogP contribution in [-0.4, -0.2) is 18.7 Å². The van der Waals surface area contributed by atoms with Gasteiger partial charge in [0.1, 0.15) is 17.4 Å². The Kier molecular flexibility index (Phi) is 4.78. The summed E-state index contributed by atoms with van der Waals surface area (Å²) in [5.41, 5.74) is 0.0602. The fourth-order valence-electron chi connectivity index (χ4n) is 3.65. The molecule has 160 valence electrons. The molecular weight excluding hydrogens is 418 g/mol. The number of aromatic nitrogens is 4. The van der Waals surface area contributed by atoms with Crippen LogP contribution in [0.2, 0.25) is 0 Å². The molecule has 0 aliphatic rings. The topological polar surface area (TPSA) is 75.0 Å². The van der Waals surface area contributed by atoms with Crippen molar-refractivity contribution in [1.82, 2.24) is 18.7 Å². The van der Waals surface area contributed by atoms with Gasteiger partial charge in [0.15, 0.2) is 11.2 Å². The largest absolute Gasteiger partial charge is 0.467 e. The van der Waals surface area contributed by atoms with Crippen LogP contribution in [0.3, 0.4) is 0 Å². The van der Waals surface area contributed by atoms with E-state index in [1.165, 1.54) is 53.6 Å². The van der Waals surface area contributed by atoms with Gasteiger partial charge in [-0.05, 0) is 54.1 Å². The molecule has 0 saturated carbocycles. The molecule has 0 fully saturated rings. The van der Waals surface area contributed by atoms with Crippen molar-refractivity contribution >= 4 is 11.2 Å². The number of hydrogen-bond acceptors (Lipinski definition) is 4. The van der Waals surface area contributed by atoms with Crippen molar-refractivity contribution in [3.8, 4) is 5.69 Å². The molecule has 0 spiro atoms. The Balaban J connectivity index is 1.76. The van der Waals surface area contributed by atoms with Crippen LogP contribution in [0.5, 0.6) is 0 Å². The van der Waals surface area contributed by atoms with Crippen molar-refractivity contribution in [3.63, 3.8) is 0 Å². The molecule has 0 atom stereocenters. The van der Waals surface area contributed by atoms with Crippen molar-refractivity contribution in [2.45, 2.75) is 13.1 Å². The number of fused-ring (bicyclic) bond motifs is 1. The fraction of sp³-hybridized carbons (Fsp3) is 0.0870. The predicted molar refractivity (Wildman–Crippen MR) is 113 cm³/mol. The minimum atomic E-state index is -0.637. The highest BCUT2D eigenvalue weighted by Gasteiger charge is 2.20. The van der Waals surface area contributed by atoms with Gasteiger partial charge in [-0.15, -0.1) is 0 Å². The van der Waals surface area contributed by atoms with Crippen LogP contribution in [0.25, 0.3) is 16.9 Å². The smallest absolute Gasteiger partial charge is 0.337 e. The Morgan fingerprint density at radius 2 is 1.72 bits per heavy atom. The van der Waals surface area contributed by atoms with E-state index in [9.17, 15) is 18.4 Å². The molecule has 9 heteroatoms. The van der Waals surface area contributed by atoms with Crippen LogP contribution in [0, 0.1) is 11.6 Å². The van der Waals surface area contributed by atoms with Gasteiger partial charge in [0.05, 0.1) is 24.8 Å². The third-order valence-corrected chi connectivity index (χ3v) is 5.12. The molecule has 0 N–H and O–H groups in total. The average molecular weight is 434 g/mol. The van der Waals surface area contributed by atoms with Crippen LogP contribution in [-0.2, 0) is 13.1 Å². The van der Waals surface area contributed by atoms with Gasteiger partial charge >= 0.3 is 5.69 Å². The quantitative estimate of drug-likeness (QED) is 0.425. The van der Waals surface area contributed by atoms with Gasteiger partial charge in [0, 0.05) is 6.54 Å². The van der Waals surface area contributed by atoms with Gasteiger partial charge in [0.2, 0.25) is 0 Å². The first-order chi connectivity index (χ1) is 15.5. The Hall–Kier alpha value is -4.27. The molecule has 3 heterocycles. The van der Waals surface area contributed by atoms with Crippen LogP contribution >= 0.6 is 0 Å². The second-order valence-electron chi connectivity index (χ2n) is 7.24. The van der Waals surface area contributed by atoms with E-state index in [1.54, 1.807) is 28.8 Å². The SMILES string of the molecule is O=c1c2c(ncn2Cc2cccc(F)c2)n(-c2ccc(F)cc2)c(=O)n1Cc1ccco1. The number of hydrogen-bond donors (Lipinski definition) is 0. The van der Waals surface area contributed by atoms with E-state index in [0.29, 0.717) is 17.0 Å². The molecule has 5 rings (SSSR count). The second-order valence-corrected chi connectivity index (χ2v) is 7.24. The molecule has 3 aromatic heterocycles. The predicted octanol–water partition coefficient (Wildman–Crippen LogP) is 3.32. The summed E-state index contributed by atoms with van der Waals surface area (Å²) in [5, 5.41) is 0.